The molecule has 2 aromatic carbocycles. The third-order valence-corrected chi connectivity index (χ3v) is 3.13. The van der Waals surface area contributed by atoms with E-state index in [1.807, 2.05) is 0 Å². The first kappa shape index (κ1) is 13.6. The van der Waals surface area contributed by atoms with Crippen LogP contribution < -0.4 is 5.32 Å². The monoisotopic (exact) mass is 251 g/mol. The van der Waals surface area contributed by atoms with Gasteiger partial charge < -0.3 is 5.32 Å². The highest BCUT2D eigenvalue weighted by Crippen LogP contribution is 2.18. The van der Waals surface area contributed by atoms with E-state index in [9.17, 15) is 0 Å². The predicted molar refractivity (Wildman–Crippen MR) is 82.1 cm³/mol. The third-order valence-electron chi connectivity index (χ3n) is 3.13. The molecule has 0 bridgehead atoms. The van der Waals surface area contributed by atoms with Crippen molar-refractivity contribution in [1.29, 1.82) is 0 Å². The van der Waals surface area contributed by atoms with Gasteiger partial charge in [0.2, 0.25) is 0 Å². The van der Waals surface area contributed by atoms with Gasteiger partial charge in [0.15, 0.2) is 0 Å². The van der Waals surface area contributed by atoms with Crippen LogP contribution in [-0.2, 0) is 6.42 Å². The maximum atomic E-state index is 3.97. The van der Waals surface area contributed by atoms with Gasteiger partial charge in [-0.1, -0.05) is 72.8 Å². The SMILES string of the molecule is C=C(C)CNC(Cc1ccccc1)c1ccccc1. The average molecular weight is 251 g/mol. The predicted octanol–water partition coefficient (Wildman–Crippen LogP) is 4.14. The van der Waals surface area contributed by atoms with Gasteiger partial charge >= 0.3 is 0 Å². The first-order valence-corrected chi connectivity index (χ1v) is 6.72. The Balaban J connectivity index is 2.12. The molecule has 98 valence electrons. The minimum atomic E-state index is 0.334. The van der Waals surface area contributed by atoms with Crippen molar-refractivity contribution in [2.24, 2.45) is 0 Å². The fraction of sp³-hybridized carbons (Fsp3) is 0.222. The molecule has 0 heterocycles. The molecule has 1 unspecified atom stereocenters. The van der Waals surface area contributed by atoms with Gasteiger partial charge in [0, 0.05) is 12.6 Å². The molecular formula is C18H21N. The van der Waals surface area contributed by atoms with Gasteiger partial charge in [0.1, 0.15) is 0 Å². The smallest absolute Gasteiger partial charge is 0.0363 e. The lowest BCUT2D eigenvalue weighted by atomic mass is 9.98. The molecule has 0 saturated carbocycles. The molecule has 1 nitrogen and oxygen atoms in total. The molecule has 0 fully saturated rings. The van der Waals surface area contributed by atoms with Crippen LogP contribution in [0.25, 0.3) is 0 Å². The van der Waals surface area contributed by atoms with Crippen molar-refractivity contribution in [3.63, 3.8) is 0 Å². The normalized spacial score (nSPS) is 12.1. The van der Waals surface area contributed by atoms with Crippen LogP contribution >= 0.6 is 0 Å². The second-order valence-electron chi connectivity index (χ2n) is 4.99. The summed E-state index contributed by atoms with van der Waals surface area (Å²) in [6.07, 6.45) is 0.998. The molecule has 0 aliphatic rings. The van der Waals surface area contributed by atoms with Gasteiger partial charge in [0.25, 0.3) is 0 Å². The quantitative estimate of drug-likeness (QED) is 0.761. The standard InChI is InChI=1S/C18H21N/c1-15(2)14-19-18(17-11-7-4-8-12-17)13-16-9-5-3-6-10-16/h3-12,18-19H,1,13-14H2,2H3. The minimum absolute atomic E-state index is 0.334. The lowest BCUT2D eigenvalue weighted by Gasteiger charge is -2.19. The maximum absolute atomic E-state index is 3.97. The number of rotatable bonds is 6. The zero-order valence-corrected chi connectivity index (χ0v) is 11.5. The average Bonchev–Trinajstić information content (AvgIpc) is 2.45. The van der Waals surface area contributed by atoms with Crippen molar-refractivity contribution in [3.05, 3.63) is 83.9 Å². The summed E-state index contributed by atoms with van der Waals surface area (Å²) in [5.74, 6) is 0. The molecule has 0 radical (unpaired) electrons. The van der Waals surface area contributed by atoms with Gasteiger partial charge in [-0.05, 0) is 24.5 Å². The summed E-state index contributed by atoms with van der Waals surface area (Å²) in [6.45, 7) is 6.87. The largest absolute Gasteiger partial charge is 0.306 e. The summed E-state index contributed by atoms with van der Waals surface area (Å²) in [5, 5.41) is 3.58. The van der Waals surface area contributed by atoms with E-state index in [-0.39, 0.29) is 0 Å². The Morgan fingerprint density at radius 1 is 1.00 bits per heavy atom. The summed E-state index contributed by atoms with van der Waals surface area (Å²) in [4.78, 5) is 0. The fourth-order valence-corrected chi connectivity index (χ4v) is 2.14. The van der Waals surface area contributed by atoms with Gasteiger partial charge in [-0.3, -0.25) is 0 Å². The zero-order chi connectivity index (χ0) is 13.5. The number of nitrogens with one attached hydrogen (secondary N) is 1. The second-order valence-corrected chi connectivity index (χ2v) is 4.99. The molecule has 2 rings (SSSR count). The van der Waals surface area contributed by atoms with E-state index in [0.717, 1.165) is 18.5 Å². The van der Waals surface area contributed by atoms with Crippen LogP contribution in [0.4, 0.5) is 0 Å². The Morgan fingerprint density at radius 2 is 1.58 bits per heavy atom. The first-order valence-electron chi connectivity index (χ1n) is 6.72. The highest BCUT2D eigenvalue weighted by molar-refractivity contribution is 5.24. The van der Waals surface area contributed by atoms with E-state index in [1.165, 1.54) is 11.1 Å². The van der Waals surface area contributed by atoms with Crippen molar-refractivity contribution in [2.45, 2.75) is 19.4 Å². The maximum Gasteiger partial charge on any atom is 0.0363 e. The molecule has 1 N–H and O–H groups in total. The van der Waals surface area contributed by atoms with Crippen LogP contribution in [0.5, 0.6) is 0 Å². The van der Waals surface area contributed by atoms with Gasteiger partial charge in [0.05, 0.1) is 0 Å². The molecule has 0 spiro atoms. The molecule has 0 saturated heterocycles. The Morgan fingerprint density at radius 3 is 2.16 bits per heavy atom. The van der Waals surface area contributed by atoms with Crippen molar-refractivity contribution < 1.29 is 0 Å². The van der Waals surface area contributed by atoms with E-state index in [2.05, 4.69) is 79.5 Å². The van der Waals surface area contributed by atoms with E-state index in [0.29, 0.717) is 6.04 Å². The van der Waals surface area contributed by atoms with E-state index in [1.54, 1.807) is 0 Å². The molecule has 0 aromatic heterocycles. The zero-order valence-electron chi connectivity index (χ0n) is 11.5. The van der Waals surface area contributed by atoms with Crippen molar-refractivity contribution >= 4 is 0 Å². The third kappa shape index (κ3) is 4.38. The van der Waals surface area contributed by atoms with Gasteiger partial charge in [-0.15, -0.1) is 0 Å². The van der Waals surface area contributed by atoms with E-state index in [4.69, 9.17) is 0 Å². The van der Waals surface area contributed by atoms with Crippen LogP contribution in [-0.4, -0.2) is 6.54 Å². The van der Waals surface area contributed by atoms with Gasteiger partial charge in [-0.25, -0.2) is 0 Å². The van der Waals surface area contributed by atoms with Crippen LogP contribution in [0.3, 0.4) is 0 Å². The Kier molecular flexibility index (Phi) is 4.93. The van der Waals surface area contributed by atoms with E-state index >= 15 is 0 Å². The van der Waals surface area contributed by atoms with Crippen molar-refractivity contribution in [2.75, 3.05) is 6.54 Å². The summed E-state index contributed by atoms with van der Waals surface area (Å²) < 4.78 is 0. The Hall–Kier alpha value is -1.86. The second kappa shape index (κ2) is 6.91. The highest BCUT2D eigenvalue weighted by Gasteiger charge is 2.11. The lowest BCUT2D eigenvalue weighted by Crippen LogP contribution is -2.24. The van der Waals surface area contributed by atoms with Crippen molar-refractivity contribution in [1.82, 2.24) is 5.32 Å². The highest BCUT2D eigenvalue weighted by atomic mass is 14.9. The molecule has 0 aliphatic carbocycles. The molecule has 0 aliphatic heterocycles. The minimum Gasteiger partial charge on any atom is -0.306 e. The molecule has 0 amide bonds. The molecule has 2 aromatic rings. The number of hydrogen-bond acceptors (Lipinski definition) is 1. The summed E-state index contributed by atoms with van der Waals surface area (Å²) in [7, 11) is 0. The van der Waals surface area contributed by atoms with Crippen LogP contribution in [0.2, 0.25) is 0 Å². The number of hydrogen-bond donors (Lipinski definition) is 1. The van der Waals surface area contributed by atoms with Crippen molar-refractivity contribution in [3.8, 4) is 0 Å². The molecule has 19 heavy (non-hydrogen) atoms. The molecule has 1 heteroatoms. The summed E-state index contributed by atoms with van der Waals surface area (Å²) in [5.41, 5.74) is 3.84. The first-order chi connectivity index (χ1) is 9.25. The lowest BCUT2D eigenvalue weighted by molar-refractivity contribution is 0.557. The Bertz CT molecular complexity index is 502. The van der Waals surface area contributed by atoms with Crippen LogP contribution in [0.1, 0.15) is 24.1 Å². The Labute approximate surface area is 116 Å². The van der Waals surface area contributed by atoms with Gasteiger partial charge in [-0.2, -0.15) is 0 Å². The molecular weight excluding hydrogens is 230 g/mol. The fourth-order valence-electron chi connectivity index (χ4n) is 2.14. The topological polar surface area (TPSA) is 12.0 Å². The van der Waals surface area contributed by atoms with Crippen LogP contribution in [0, 0.1) is 0 Å². The number of benzene rings is 2. The van der Waals surface area contributed by atoms with Crippen LogP contribution in [0.15, 0.2) is 72.8 Å². The summed E-state index contributed by atoms with van der Waals surface area (Å²) >= 11 is 0. The summed E-state index contributed by atoms with van der Waals surface area (Å²) in [6, 6.07) is 21.5. The van der Waals surface area contributed by atoms with E-state index < -0.39 is 0 Å². The molecule has 1 atom stereocenters.